The first-order valence-electron chi connectivity index (χ1n) is 7.90. The number of amides is 1. The van der Waals surface area contributed by atoms with Gasteiger partial charge in [-0.05, 0) is 42.5 Å². The minimum Gasteiger partial charge on any atom is -0.466 e. The third-order valence-corrected chi connectivity index (χ3v) is 4.95. The van der Waals surface area contributed by atoms with Gasteiger partial charge >= 0.3 is 0 Å². The van der Waals surface area contributed by atoms with E-state index in [9.17, 15) is 9.90 Å². The van der Waals surface area contributed by atoms with E-state index in [2.05, 4.69) is 5.32 Å². The maximum absolute atomic E-state index is 12.3. The molecule has 2 heterocycles. The van der Waals surface area contributed by atoms with Crippen molar-refractivity contribution in [3.63, 3.8) is 0 Å². The van der Waals surface area contributed by atoms with E-state index in [1.165, 1.54) is 17.6 Å². The highest BCUT2D eigenvalue weighted by Crippen LogP contribution is 2.28. The topological polar surface area (TPSA) is 65.7 Å². The fraction of sp³-hybridized carbons (Fsp3) is 0.211. The third kappa shape index (κ3) is 4.10. The Morgan fingerprint density at radius 2 is 2.08 bits per heavy atom. The number of benzene rings is 1. The molecule has 0 unspecified atom stereocenters. The second-order valence-electron chi connectivity index (χ2n) is 5.85. The van der Waals surface area contributed by atoms with Crippen LogP contribution in [0.25, 0.3) is 0 Å². The van der Waals surface area contributed by atoms with E-state index >= 15 is 0 Å². The van der Waals surface area contributed by atoms with Gasteiger partial charge < -0.3 is 19.7 Å². The molecule has 0 aliphatic heterocycles. The van der Waals surface area contributed by atoms with Crippen molar-refractivity contribution in [2.75, 3.05) is 19.0 Å². The molecule has 0 aliphatic carbocycles. The predicted octanol–water partition coefficient (Wildman–Crippen LogP) is 3.42. The zero-order valence-corrected chi connectivity index (χ0v) is 14.9. The van der Waals surface area contributed by atoms with Crippen LogP contribution in [0.2, 0.25) is 0 Å². The zero-order valence-electron chi connectivity index (χ0n) is 14.1. The molecule has 3 aromatic rings. The summed E-state index contributed by atoms with van der Waals surface area (Å²) in [5.41, 5.74) is 1.60. The van der Waals surface area contributed by atoms with Crippen molar-refractivity contribution in [1.82, 2.24) is 5.32 Å². The SMILES string of the molecule is CN(C)c1cccc(C(=O)NCc2ccc([C@H](O)c3ccco3)s2)c1. The zero-order chi connectivity index (χ0) is 17.8. The smallest absolute Gasteiger partial charge is 0.251 e. The minimum absolute atomic E-state index is 0.120. The van der Waals surface area contributed by atoms with Gasteiger partial charge in [0.15, 0.2) is 0 Å². The van der Waals surface area contributed by atoms with Crippen LogP contribution in [0.3, 0.4) is 0 Å². The van der Waals surface area contributed by atoms with Crippen molar-refractivity contribution in [2.24, 2.45) is 0 Å². The second-order valence-corrected chi connectivity index (χ2v) is 7.05. The van der Waals surface area contributed by atoms with Gasteiger partial charge in [0.2, 0.25) is 0 Å². The number of carbonyl (C=O) groups is 1. The average Bonchev–Trinajstić information content (AvgIpc) is 3.31. The molecule has 6 heteroatoms. The summed E-state index contributed by atoms with van der Waals surface area (Å²) in [6.07, 6.45) is 0.760. The molecule has 130 valence electrons. The Morgan fingerprint density at radius 1 is 1.24 bits per heavy atom. The van der Waals surface area contributed by atoms with Gasteiger partial charge in [-0.25, -0.2) is 0 Å². The molecule has 0 saturated carbocycles. The van der Waals surface area contributed by atoms with Crippen LogP contribution >= 0.6 is 11.3 Å². The molecule has 5 nitrogen and oxygen atoms in total. The van der Waals surface area contributed by atoms with Crippen molar-refractivity contribution >= 4 is 22.9 Å². The number of anilines is 1. The number of furan rings is 1. The first kappa shape index (κ1) is 17.3. The molecule has 1 aromatic carbocycles. The van der Waals surface area contributed by atoms with Crippen molar-refractivity contribution in [1.29, 1.82) is 0 Å². The number of nitrogens with zero attached hydrogens (tertiary/aromatic N) is 1. The second kappa shape index (κ2) is 7.55. The highest BCUT2D eigenvalue weighted by molar-refractivity contribution is 7.12. The molecule has 25 heavy (non-hydrogen) atoms. The van der Waals surface area contributed by atoms with Gasteiger partial charge in [0.05, 0.1) is 12.8 Å². The first-order chi connectivity index (χ1) is 12.0. The number of hydrogen-bond acceptors (Lipinski definition) is 5. The Morgan fingerprint density at radius 3 is 2.80 bits per heavy atom. The first-order valence-corrected chi connectivity index (χ1v) is 8.72. The molecule has 0 saturated heterocycles. The van der Waals surface area contributed by atoms with Crippen LogP contribution < -0.4 is 10.2 Å². The minimum atomic E-state index is -0.777. The van der Waals surface area contributed by atoms with Crippen LogP contribution in [-0.2, 0) is 6.54 Å². The van der Waals surface area contributed by atoms with Crippen LogP contribution in [-0.4, -0.2) is 25.1 Å². The normalized spacial score (nSPS) is 12.0. The monoisotopic (exact) mass is 356 g/mol. The molecule has 2 aromatic heterocycles. The number of hydrogen-bond donors (Lipinski definition) is 2. The summed E-state index contributed by atoms with van der Waals surface area (Å²) in [6.45, 7) is 0.417. The maximum Gasteiger partial charge on any atom is 0.251 e. The summed E-state index contributed by atoms with van der Waals surface area (Å²) in [4.78, 5) is 16.0. The molecular weight excluding hydrogens is 336 g/mol. The van der Waals surface area contributed by atoms with E-state index in [-0.39, 0.29) is 5.91 Å². The fourth-order valence-corrected chi connectivity index (χ4v) is 3.37. The van der Waals surface area contributed by atoms with Gasteiger partial charge in [-0.15, -0.1) is 11.3 Å². The molecule has 0 aliphatic rings. The summed E-state index contributed by atoms with van der Waals surface area (Å²) < 4.78 is 5.23. The van der Waals surface area contributed by atoms with Crippen molar-refractivity contribution in [3.8, 4) is 0 Å². The average molecular weight is 356 g/mol. The van der Waals surface area contributed by atoms with E-state index in [0.717, 1.165) is 15.4 Å². The number of thiophene rings is 1. The Hall–Kier alpha value is -2.57. The van der Waals surface area contributed by atoms with Gasteiger partial charge in [0.25, 0.3) is 5.91 Å². The highest BCUT2D eigenvalue weighted by Gasteiger charge is 2.16. The van der Waals surface area contributed by atoms with E-state index in [0.29, 0.717) is 17.9 Å². The van der Waals surface area contributed by atoms with Crippen LogP contribution in [0, 0.1) is 0 Å². The lowest BCUT2D eigenvalue weighted by Crippen LogP contribution is -2.22. The molecule has 2 N–H and O–H groups in total. The number of rotatable bonds is 6. The van der Waals surface area contributed by atoms with Crippen LogP contribution in [0.1, 0.15) is 32.0 Å². The molecule has 0 radical (unpaired) electrons. The van der Waals surface area contributed by atoms with Crippen LogP contribution in [0.5, 0.6) is 0 Å². The molecule has 3 rings (SSSR count). The number of carbonyl (C=O) groups excluding carboxylic acids is 1. The van der Waals surface area contributed by atoms with Crippen LogP contribution in [0.4, 0.5) is 5.69 Å². The largest absolute Gasteiger partial charge is 0.466 e. The summed E-state index contributed by atoms with van der Waals surface area (Å²) in [6, 6.07) is 14.7. The summed E-state index contributed by atoms with van der Waals surface area (Å²) in [5, 5.41) is 13.2. The lowest BCUT2D eigenvalue weighted by atomic mass is 10.2. The molecular formula is C19H20N2O3S. The summed E-state index contributed by atoms with van der Waals surface area (Å²) >= 11 is 1.45. The van der Waals surface area contributed by atoms with Gasteiger partial charge in [-0.2, -0.15) is 0 Å². The van der Waals surface area contributed by atoms with Gasteiger partial charge in [-0.3, -0.25) is 4.79 Å². The fourth-order valence-electron chi connectivity index (χ4n) is 2.42. The molecule has 1 atom stereocenters. The summed E-state index contributed by atoms with van der Waals surface area (Å²) in [7, 11) is 3.88. The van der Waals surface area contributed by atoms with Crippen LogP contribution in [0.15, 0.2) is 59.2 Å². The van der Waals surface area contributed by atoms with Gasteiger partial charge in [0, 0.05) is 35.1 Å². The van der Waals surface area contributed by atoms with E-state index < -0.39 is 6.10 Å². The lowest BCUT2D eigenvalue weighted by molar-refractivity contribution is 0.0951. The van der Waals surface area contributed by atoms with Crippen molar-refractivity contribution < 1.29 is 14.3 Å². The molecule has 1 amide bonds. The maximum atomic E-state index is 12.3. The van der Waals surface area contributed by atoms with E-state index in [1.807, 2.05) is 49.3 Å². The standard InChI is InChI=1S/C19H20N2O3S/c1-21(2)14-6-3-5-13(11-14)19(23)20-12-15-8-9-17(25-15)18(22)16-7-4-10-24-16/h3-11,18,22H,12H2,1-2H3,(H,20,23)/t18-/m1/s1. The van der Waals surface area contributed by atoms with Gasteiger partial charge in [-0.1, -0.05) is 6.07 Å². The highest BCUT2D eigenvalue weighted by atomic mass is 32.1. The number of nitrogens with one attached hydrogen (secondary N) is 1. The predicted molar refractivity (Wildman–Crippen MR) is 99.0 cm³/mol. The lowest BCUT2D eigenvalue weighted by Gasteiger charge is -2.13. The van der Waals surface area contributed by atoms with Gasteiger partial charge in [0.1, 0.15) is 11.9 Å². The summed E-state index contributed by atoms with van der Waals surface area (Å²) in [5.74, 6) is 0.392. The Bertz CT molecular complexity index is 840. The molecule has 0 bridgehead atoms. The number of aliphatic hydroxyl groups is 1. The van der Waals surface area contributed by atoms with Crippen molar-refractivity contribution in [2.45, 2.75) is 12.6 Å². The molecule has 0 fully saturated rings. The van der Waals surface area contributed by atoms with Crippen molar-refractivity contribution in [3.05, 3.63) is 75.9 Å². The molecule has 0 spiro atoms. The quantitative estimate of drug-likeness (QED) is 0.710. The third-order valence-electron chi connectivity index (χ3n) is 3.81. The Labute approximate surface area is 150 Å². The Balaban J connectivity index is 1.62. The Kier molecular flexibility index (Phi) is 5.21. The van der Waals surface area contributed by atoms with E-state index in [1.54, 1.807) is 18.2 Å². The van der Waals surface area contributed by atoms with E-state index in [4.69, 9.17) is 4.42 Å². The number of aliphatic hydroxyl groups excluding tert-OH is 1.